The third kappa shape index (κ3) is 4.43. The molecular formula is C14H13FO4. The highest BCUT2D eigenvalue weighted by Gasteiger charge is 2.11. The Labute approximate surface area is 110 Å². The molecule has 0 aliphatic heterocycles. The first kappa shape index (κ1) is 14.7. The van der Waals surface area contributed by atoms with Crippen molar-refractivity contribution in [2.24, 2.45) is 0 Å². The maximum Gasteiger partial charge on any atom is 0.340 e. The molecule has 0 saturated carbocycles. The molecule has 0 unspecified atom stereocenters. The molecule has 0 N–H and O–H groups in total. The van der Waals surface area contributed by atoms with Crippen molar-refractivity contribution in [2.45, 2.75) is 13.3 Å². The number of benzene rings is 1. The van der Waals surface area contributed by atoms with Gasteiger partial charge < -0.3 is 9.47 Å². The summed E-state index contributed by atoms with van der Waals surface area (Å²) in [5.41, 5.74) is 0.233. The molecule has 5 heteroatoms. The van der Waals surface area contributed by atoms with Gasteiger partial charge in [0.15, 0.2) is 0 Å². The monoisotopic (exact) mass is 264 g/mol. The van der Waals surface area contributed by atoms with Crippen LogP contribution in [-0.4, -0.2) is 25.7 Å². The number of methoxy groups -OCH3 is 1. The van der Waals surface area contributed by atoms with Crippen molar-refractivity contribution in [2.75, 3.05) is 13.7 Å². The summed E-state index contributed by atoms with van der Waals surface area (Å²) >= 11 is 0. The summed E-state index contributed by atoms with van der Waals surface area (Å²) in [5.74, 6) is 3.37. The number of esters is 2. The zero-order chi connectivity index (χ0) is 14.3. The van der Waals surface area contributed by atoms with Crippen LogP contribution in [-0.2, 0) is 14.3 Å². The van der Waals surface area contributed by atoms with Gasteiger partial charge in [0.25, 0.3) is 0 Å². The van der Waals surface area contributed by atoms with E-state index in [0.29, 0.717) is 12.2 Å². The highest BCUT2D eigenvalue weighted by molar-refractivity contribution is 5.90. The lowest BCUT2D eigenvalue weighted by molar-refractivity contribution is -0.141. The molecule has 1 rings (SSSR count). The quantitative estimate of drug-likeness (QED) is 0.618. The number of rotatable bonds is 3. The molecule has 4 nitrogen and oxygen atoms in total. The molecule has 0 aliphatic carbocycles. The predicted molar refractivity (Wildman–Crippen MR) is 65.9 cm³/mol. The van der Waals surface area contributed by atoms with Crippen molar-refractivity contribution < 1.29 is 23.5 Å². The molecule has 0 heterocycles. The zero-order valence-electron chi connectivity index (χ0n) is 10.7. The lowest BCUT2D eigenvalue weighted by atomic mass is 10.1. The summed E-state index contributed by atoms with van der Waals surface area (Å²) in [4.78, 5) is 22.3. The number of halogens is 1. The van der Waals surface area contributed by atoms with Gasteiger partial charge in [-0.05, 0) is 25.1 Å². The Morgan fingerprint density at radius 1 is 1.37 bits per heavy atom. The van der Waals surface area contributed by atoms with Crippen LogP contribution < -0.4 is 0 Å². The van der Waals surface area contributed by atoms with Gasteiger partial charge in [-0.1, -0.05) is 11.8 Å². The third-order valence-corrected chi connectivity index (χ3v) is 2.14. The minimum atomic E-state index is -0.772. The van der Waals surface area contributed by atoms with Crippen molar-refractivity contribution in [3.8, 4) is 11.8 Å². The fraction of sp³-hybridized carbons (Fsp3) is 0.286. The molecule has 0 aromatic heterocycles. The Balaban J connectivity index is 2.83. The second-order valence-electron chi connectivity index (χ2n) is 3.47. The van der Waals surface area contributed by atoms with Crippen LogP contribution in [0.15, 0.2) is 18.2 Å². The fourth-order valence-corrected chi connectivity index (χ4v) is 1.30. The minimum Gasteiger partial charge on any atom is -0.465 e. The van der Waals surface area contributed by atoms with Crippen LogP contribution in [0, 0.1) is 17.7 Å². The molecule has 0 spiro atoms. The first-order valence-corrected chi connectivity index (χ1v) is 5.60. The minimum absolute atomic E-state index is 0.0568. The van der Waals surface area contributed by atoms with Crippen LogP contribution in [0.3, 0.4) is 0 Å². The Hall–Kier alpha value is -2.35. The van der Waals surface area contributed by atoms with E-state index in [1.165, 1.54) is 19.2 Å². The molecule has 1 aromatic rings. The average Bonchev–Trinajstić information content (AvgIpc) is 2.40. The normalized spacial score (nSPS) is 9.21. The van der Waals surface area contributed by atoms with E-state index < -0.39 is 17.8 Å². The summed E-state index contributed by atoms with van der Waals surface area (Å²) < 4.78 is 22.5. The summed E-state index contributed by atoms with van der Waals surface area (Å²) in [6, 6.07) is 3.82. The molecule has 1 aromatic carbocycles. The molecule has 0 fully saturated rings. The molecule has 0 amide bonds. The Bertz CT molecular complexity index is 540. The van der Waals surface area contributed by atoms with Crippen LogP contribution in [0.5, 0.6) is 0 Å². The molecule has 0 aliphatic rings. The summed E-state index contributed by atoms with van der Waals surface area (Å²) in [5, 5.41) is 0. The van der Waals surface area contributed by atoms with Gasteiger partial charge in [-0.25, -0.2) is 9.18 Å². The van der Waals surface area contributed by atoms with Gasteiger partial charge in [0.2, 0.25) is 0 Å². The van der Waals surface area contributed by atoms with E-state index in [2.05, 4.69) is 16.6 Å². The molecule has 100 valence electrons. The first-order chi connectivity index (χ1) is 9.08. The van der Waals surface area contributed by atoms with E-state index in [0.717, 1.165) is 6.07 Å². The number of carbonyl (C=O) groups is 2. The van der Waals surface area contributed by atoms with E-state index in [1.807, 2.05) is 0 Å². The van der Waals surface area contributed by atoms with Crippen LogP contribution >= 0.6 is 0 Å². The number of carbonyl (C=O) groups excluding carboxylic acids is 2. The third-order valence-electron chi connectivity index (χ3n) is 2.14. The molecule has 0 radical (unpaired) electrons. The van der Waals surface area contributed by atoms with Crippen molar-refractivity contribution in [1.82, 2.24) is 0 Å². The van der Waals surface area contributed by atoms with Gasteiger partial charge in [0.1, 0.15) is 12.2 Å². The van der Waals surface area contributed by atoms with Gasteiger partial charge in [-0.3, -0.25) is 4.79 Å². The molecule has 19 heavy (non-hydrogen) atoms. The largest absolute Gasteiger partial charge is 0.465 e. The molecule has 0 atom stereocenters. The van der Waals surface area contributed by atoms with E-state index in [9.17, 15) is 14.0 Å². The number of hydrogen-bond donors (Lipinski definition) is 0. The molecule has 0 bridgehead atoms. The second-order valence-corrected chi connectivity index (χ2v) is 3.47. The van der Waals surface area contributed by atoms with Gasteiger partial charge in [0.05, 0.1) is 19.3 Å². The number of hydrogen-bond acceptors (Lipinski definition) is 4. The van der Waals surface area contributed by atoms with Crippen LogP contribution in [0.2, 0.25) is 0 Å². The second kappa shape index (κ2) is 7.17. The van der Waals surface area contributed by atoms with Gasteiger partial charge >= 0.3 is 11.9 Å². The van der Waals surface area contributed by atoms with Crippen molar-refractivity contribution in [3.05, 3.63) is 35.1 Å². The smallest absolute Gasteiger partial charge is 0.340 e. The molecule has 0 saturated heterocycles. The molecular weight excluding hydrogens is 251 g/mol. The van der Waals surface area contributed by atoms with Crippen LogP contribution in [0.1, 0.15) is 29.3 Å². The van der Waals surface area contributed by atoms with Crippen molar-refractivity contribution >= 4 is 11.9 Å². The summed E-state index contributed by atoms with van der Waals surface area (Å²) in [6.07, 6.45) is -0.0568. The lowest BCUT2D eigenvalue weighted by Gasteiger charge is -2.01. The van der Waals surface area contributed by atoms with Crippen LogP contribution in [0.25, 0.3) is 0 Å². The standard InChI is InChI=1S/C14H13FO4/c1-3-19-13(16)6-4-5-10-7-8-12(15)11(9-10)14(17)18-2/h7-9H,3,6H2,1-2H3. The zero-order valence-corrected chi connectivity index (χ0v) is 10.7. The predicted octanol–water partition coefficient (Wildman–Crippen LogP) is 1.92. The van der Waals surface area contributed by atoms with Crippen LogP contribution in [0.4, 0.5) is 4.39 Å². The van der Waals surface area contributed by atoms with Gasteiger partial charge in [-0.2, -0.15) is 0 Å². The number of ether oxygens (including phenoxy) is 2. The topological polar surface area (TPSA) is 52.6 Å². The highest BCUT2D eigenvalue weighted by atomic mass is 19.1. The van der Waals surface area contributed by atoms with E-state index >= 15 is 0 Å². The van der Waals surface area contributed by atoms with E-state index in [-0.39, 0.29) is 12.0 Å². The van der Waals surface area contributed by atoms with Gasteiger partial charge in [-0.15, -0.1) is 0 Å². The average molecular weight is 264 g/mol. The fourth-order valence-electron chi connectivity index (χ4n) is 1.30. The Morgan fingerprint density at radius 2 is 2.11 bits per heavy atom. The Morgan fingerprint density at radius 3 is 2.74 bits per heavy atom. The SMILES string of the molecule is CCOC(=O)CC#Cc1ccc(F)c(C(=O)OC)c1. The van der Waals surface area contributed by atoms with Gasteiger partial charge in [0, 0.05) is 5.56 Å². The maximum atomic E-state index is 13.3. The maximum absolute atomic E-state index is 13.3. The first-order valence-electron chi connectivity index (χ1n) is 5.60. The van der Waals surface area contributed by atoms with E-state index in [4.69, 9.17) is 4.74 Å². The van der Waals surface area contributed by atoms with Crippen molar-refractivity contribution in [3.63, 3.8) is 0 Å². The van der Waals surface area contributed by atoms with E-state index in [1.54, 1.807) is 6.92 Å². The lowest BCUT2D eigenvalue weighted by Crippen LogP contribution is -2.04. The van der Waals surface area contributed by atoms with Crippen molar-refractivity contribution in [1.29, 1.82) is 0 Å². The summed E-state index contributed by atoms with van der Waals surface area (Å²) in [6.45, 7) is 2.00. The Kier molecular flexibility index (Phi) is 5.55. The highest BCUT2D eigenvalue weighted by Crippen LogP contribution is 2.11. The summed E-state index contributed by atoms with van der Waals surface area (Å²) in [7, 11) is 1.17.